The molecule has 3 heterocycles. The van der Waals surface area contributed by atoms with E-state index in [4.69, 9.17) is 4.42 Å². The minimum atomic E-state index is 0.927. The highest BCUT2D eigenvalue weighted by molar-refractivity contribution is 6.23. The highest BCUT2D eigenvalue weighted by Gasteiger charge is 2.17. The molecular weight excluding hydrogens is 438 g/mol. The number of hydrogen-bond acceptors (Lipinski definition) is 1. The van der Waals surface area contributed by atoms with E-state index in [0.29, 0.717) is 0 Å². The molecule has 9 aromatic rings. The summed E-state index contributed by atoms with van der Waals surface area (Å²) in [5, 5.41) is 10.00. The third-order valence-corrected chi connectivity index (χ3v) is 7.89. The molecule has 0 aliphatic carbocycles. The molecular formula is C34H19NO. The molecule has 9 rings (SSSR count). The van der Waals surface area contributed by atoms with E-state index < -0.39 is 0 Å². The summed E-state index contributed by atoms with van der Waals surface area (Å²) in [5.41, 5.74) is 8.10. The summed E-state index contributed by atoms with van der Waals surface area (Å²) in [6, 6.07) is 41.7. The molecule has 0 fully saturated rings. The Balaban J connectivity index is 1.33. The summed E-state index contributed by atoms with van der Waals surface area (Å²) in [6.45, 7) is 0. The van der Waals surface area contributed by atoms with E-state index in [2.05, 4.69) is 120 Å². The van der Waals surface area contributed by atoms with Crippen LogP contribution in [-0.4, -0.2) is 4.40 Å². The zero-order chi connectivity index (χ0) is 23.4. The minimum absolute atomic E-state index is 0.927. The van der Waals surface area contributed by atoms with E-state index in [1.54, 1.807) is 0 Å². The van der Waals surface area contributed by atoms with E-state index in [1.165, 1.54) is 60.0 Å². The molecule has 0 bridgehead atoms. The molecule has 0 radical (unpaired) electrons. The number of benzene rings is 6. The summed E-state index contributed by atoms with van der Waals surface area (Å²) in [5.74, 6) is 0. The second-order valence-corrected chi connectivity index (χ2v) is 9.79. The molecule has 0 atom stereocenters. The van der Waals surface area contributed by atoms with Gasteiger partial charge < -0.3 is 8.82 Å². The Labute approximate surface area is 205 Å². The maximum Gasteiger partial charge on any atom is 0.136 e. The van der Waals surface area contributed by atoms with Gasteiger partial charge in [-0.1, -0.05) is 78.9 Å². The van der Waals surface area contributed by atoms with Crippen LogP contribution in [0.15, 0.2) is 120 Å². The van der Waals surface area contributed by atoms with E-state index in [-0.39, 0.29) is 0 Å². The van der Waals surface area contributed by atoms with Crippen LogP contribution in [0, 0.1) is 0 Å². The van der Waals surface area contributed by atoms with Crippen LogP contribution in [0.5, 0.6) is 0 Å². The van der Waals surface area contributed by atoms with Gasteiger partial charge in [0.25, 0.3) is 0 Å². The van der Waals surface area contributed by atoms with Crippen molar-refractivity contribution in [1.29, 1.82) is 0 Å². The number of para-hydroxylation sites is 2. The van der Waals surface area contributed by atoms with Gasteiger partial charge in [0.05, 0.1) is 16.6 Å². The predicted molar refractivity (Wildman–Crippen MR) is 151 cm³/mol. The number of fused-ring (bicyclic) bond motifs is 10. The van der Waals surface area contributed by atoms with E-state index in [9.17, 15) is 0 Å². The third-order valence-electron chi connectivity index (χ3n) is 7.89. The van der Waals surface area contributed by atoms with Gasteiger partial charge in [0, 0.05) is 32.3 Å². The van der Waals surface area contributed by atoms with E-state index in [1.807, 2.05) is 0 Å². The molecule has 0 aliphatic rings. The second-order valence-electron chi connectivity index (χ2n) is 9.79. The zero-order valence-electron chi connectivity index (χ0n) is 19.3. The highest BCUT2D eigenvalue weighted by Crippen LogP contribution is 2.41. The van der Waals surface area contributed by atoms with Gasteiger partial charge in [-0.2, -0.15) is 0 Å². The molecule has 2 heteroatoms. The minimum Gasteiger partial charge on any atom is -0.456 e. The maximum atomic E-state index is 6.24. The molecule has 0 aliphatic heterocycles. The lowest BCUT2D eigenvalue weighted by atomic mass is 10.00. The van der Waals surface area contributed by atoms with Crippen LogP contribution in [0.4, 0.5) is 0 Å². The molecule has 0 saturated heterocycles. The average molecular weight is 458 g/mol. The monoisotopic (exact) mass is 457 g/mol. The normalized spacial score (nSPS) is 12.4. The maximum absolute atomic E-state index is 6.24. The van der Waals surface area contributed by atoms with Crippen LogP contribution in [0.2, 0.25) is 0 Å². The van der Waals surface area contributed by atoms with Gasteiger partial charge in [-0.3, -0.25) is 0 Å². The SMILES string of the molecule is c1ccc2cc3c(cc2c1)oc1ccc(-c2ccc4c5cccc6c7ccccc7n(c4c2)c65)cc13. The van der Waals surface area contributed by atoms with Crippen LogP contribution >= 0.6 is 0 Å². The van der Waals surface area contributed by atoms with Crippen LogP contribution < -0.4 is 0 Å². The van der Waals surface area contributed by atoms with Crippen molar-refractivity contribution in [1.82, 2.24) is 4.40 Å². The number of nitrogens with zero attached hydrogens (tertiary/aromatic N) is 1. The van der Waals surface area contributed by atoms with Crippen molar-refractivity contribution in [2.45, 2.75) is 0 Å². The fourth-order valence-electron chi connectivity index (χ4n) is 6.25. The summed E-state index contributed by atoms with van der Waals surface area (Å²) in [7, 11) is 0. The van der Waals surface area contributed by atoms with Crippen molar-refractivity contribution < 1.29 is 4.42 Å². The Kier molecular flexibility index (Phi) is 3.31. The first-order valence-corrected chi connectivity index (χ1v) is 12.4. The van der Waals surface area contributed by atoms with Gasteiger partial charge in [-0.15, -0.1) is 0 Å². The van der Waals surface area contributed by atoms with Gasteiger partial charge in [0.2, 0.25) is 0 Å². The Morgan fingerprint density at radius 1 is 0.417 bits per heavy atom. The standard InChI is InChI=1S/C34H19NO/c1-2-7-21-19-33-29(16-20(21)6-1)28-17-22(13-15-32(28)36-33)23-12-14-25-27-10-5-9-26-24-8-3-4-11-30(24)35(34(26)27)31(25)18-23/h1-19H. The molecule has 166 valence electrons. The fourth-order valence-corrected chi connectivity index (χ4v) is 6.25. The van der Waals surface area contributed by atoms with Gasteiger partial charge in [-0.05, 0) is 58.3 Å². The lowest BCUT2D eigenvalue weighted by Gasteiger charge is -2.04. The first kappa shape index (κ1) is 18.5. The number of aromatic nitrogens is 1. The van der Waals surface area contributed by atoms with Crippen LogP contribution in [-0.2, 0) is 0 Å². The molecule has 0 saturated carbocycles. The Hall–Kier alpha value is -4.82. The summed E-state index contributed by atoms with van der Waals surface area (Å²) in [4.78, 5) is 0. The van der Waals surface area contributed by atoms with Gasteiger partial charge >= 0.3 is 0 Å². The summed E-state index contributed by atoms with van der Waals surface area (Å²) < 4.78 is 8.68. The number of rotatable bonds is 1. The summed E-state index contributed by atoms with van der Waals surface area (Å²) >= 11 is 0. The topological polar surface area (TPSA) is 17.6 Å². The van der Waals surface area contributed by atoms with Crippen molar-refractivity contribution in [3.05, 3.63) is 115 Å². The van der Waals surface area contributed by atoms with Gasteiger partial charge in [0.1, 0.15) is 11.2 Å². The van der Waals surface area contributed by atoms with Crippen LogP contribution in [0.3, 0.4) is 0 Å². The zero-order valence-corrected chi connectivity index (χ0v) is 19.3. The Bertz CT molecular complexity index is 2310. The van der Waals surface area contributed by atoms with Crippen molar-refractivity contribution in [2.75, 3.05) is 0 Å². The molecule has 0 N–H and O–H groups in total. The molecule has 2 nitrogen and oxygen atoms in total. The lowest BCUT2D eigenvalue weighted by molar-refractivity contribution is 0.669. The van der Waals surface area contributed by atoms with Crippen molar-refractivity contribution in [3.63, 3.8) is 0 Å². The van der Waals surface area contributed by atoms with E-state index >= 15 is 0 Å². The van der Waals surface area contributed by atoms with E-state index in [0.717, 1.165) is 21.9 Å². The first-order valence-electron chi connectivity index (χ1n) is 12.4. The Morgan fingerprint density at radius 3 is 1.97 bits per heavy atom. The molecule has 36 heavy (non-hydrogen) atoms. The molecule has 0 unspecified atom stereocenters. The van der Waals surface area contributed by atoms with Crippen LogP contribution in [0.25, 0.3) is 81.9 Å². The smallest absolute Gasteiger partial charge is 0.136 e. The van der Waals surface area contributed by atoms with Crippen LogP contribution in [0.1, 0.15) is 0 Å². The molecule has 0 spiro atoms. The fraction of sp³-hybridized carbons (Fsp3) is 0. The van der Waals surface area contributed by atoms with Crippen molar-refractivity contribution >= 4 is 70.8 Å². The van der Waals surface area contributed by atoms with Crippen molar-refractivity contribution in [3.8, 4) is 11.1 Å². The molecule has 6 aromatic carbocycles. The quantitative estimate of drug-likeness (QED) is 0.240. The average Bonchev–Trinajstić information content (AvgIpc) is 3.57. The van der Waals surface area contributed by atoms with Gasteiger partial charge in [-0.25, -0.2) is 0 Å². The largest absolute Gasteiger partial charge is 0.456 e. The van der Waals surface area contributed by atoms with Gasteiger partial charge in [0.15, 0.2) is 0 Å². The summed E-state index contributed by atoms with van der Waals surface area (Å²) in [6.07, 6.45) is 0. The van der Waals surface area contributed by atoms with Crippen molar-refractivity contribution in [2.24, 2.45) is 0 Å². The second kappa shape index (κ2) is 6.44. The number of hydrogen-bond donors (Lipinski definition) is 0. The third kappa shape index (κ3) is 2.26. The number of furan rings is 1. The molecule has 3 aromatic heterocycles. The molecule has 0 amide bonds. The Morgan fingerprint density at radius 2 is 1.08 bits per heavy atom. The predicted octanol–water partition coefficient (Wildman–Crippen LogP) is 9.56. The lowest BCUT2D eigenvalue weighted by Crippen LogP contribution is -1.83. The highest BCUT2D eigenvalue weighted by atomic mass is 16.3. The first-order chi connectivity index (χ1) is 17.8.